The van der Waals surface area contributed by atoms with Gasteiger partial charge in [0.25, 0.3) is 0 Å². The lowest BCUT2D eigenvalue weighted by atomic mass is 9.89. The number of fused-ring (bicyclic) bond motifs is 4. The third-order valence-electron chi connectivity index (χ3n) is 9.42. The number of oxazole rings is 1. The fourth-order valence-electron chi connectivity index (χ4n) is 7.22. The summed E-state index contributed by atoms with van der Waals surface area (Å²) in [4.78, 5) is 4.80. The molecule has 0 aliphatic heterocycles. The Bertz CT molecular complexity index is 2570. The zero-order valence-electron chi connectivity index (χ0n) is 26.8. The maximum atomic E-state index is 6.20. The summed E-state index contributed by atoms with van der Waals surface area (Å²) in [5, 5.41) is 2.54. The largest absolute Gasteiger partial charge is 0.436 e. The van der Waals surface area contributed by atoms with Gasteiger partial charge in [0, 0.05) is 22.0 Å². The number of nitrogens with zero attached hydrogens (tertiary/aromatic N) is 2. The third kappa shape index (κ3) is 4.63. The van der Waals surface area contributed by atoms with Crippen LogP contribution in [0, 0.1) is 13.8 Å². The Morgan fingerprint density at radius 2 is 0.958 bits per heavy atom. The van der Waals surface area contributed by atoms with Gasteiger partial charge in [-0.05, 0) is 101 Å². The molecule has 0 saturated heterocycles. The summed E-state index contributed by atoms with van der Waals surface area (Å²) in [6, 6.07) is 56.4. The van der Waals surface area contributed by atoms with Crippen molar-refractivity contribution in [2.24, 2.45) is 0 Å². The first kappa shape index (κ1) is 28.1. The number of aromatic nitrogens is 2. The van der Waals surface area contributed by atoms with Crippen LogP contribution in [0.15, 0.2) is 162 Å². The summed E-state index contributed by atoms with van der Waals surface area (Å²) in [6.45, 7) is 4.16. The van der Waals surface area contributed by atoms with Gasteiger partial charge in [-0.25, -0.2) is 4.98 Å². The number of aryl methyl sites for hydroxylation is 2. The lowest BCUT2D eigenvalue weighted by Crippen LogP contribution is -1.94. The second-order valence-corrected chi connectivity index (χ2v) is 12.5. The average molecular weight is 617 g/mol. The van der Waals surface area contributed by atoms with Crippen molar-refractivity contribution in [2.75, 3.05) is 0 Å². The third-order valence-corrected chi connectivity index (χ3v) is 9.42. The zero-order chi connectivity index (χ0) is 32.2. The molecule has 0 aliphatic carbocycles. The van der Waals surface area contributed by atoms with Crippen LogP contribution in [0.5, 0.6) is 0 Å². The molecule has 0 radical (unpaired) electrons. The van der Waals surface area contributed by atoms with Gasteiger partial charge in [-0.15, -0.1) is 0 Å². The van der Waals surface area contributed by atoms with Crippen LogP contribution in [0.3, 0.4) is 0 Å². The van der Waals surface area contributed by atoms with Crippen LogP contribution >= 0.6 is 0 Å². The van der Waals surface area contributed by atoms with Crippen molar-refractivity contribution < 1.29 is 4.42 Å². The molecule has 2 aromatic heterocycles. The van der Waals surface area contributed by atoms with Crippen LogP contribution in [0.4, 0.5) is 0 Å². The van der Waals surface area contributed by atoms with Crippen LogP contribution in [0.25, 0.3) is 83.4 Å². The molecule has 0 unspecified atom stereocenters. The second-order valence-electron chi connectivity index (χ2n) is 12.5. The quantitative estimate of drug-likeness (QED) is 0.193. The van der Waals surface area contributed by atoms with E-state index in [1.54, 1.807) is 0 Å². The molecular formula is C45H32N2O. The lowest BCUT2D eigenvalue weighted by Gasteiger charge is -2.15. The Labute approximate surface area is 279 Å². The predicted octanol–water partition coefficient (Wildman–Crippen LogP) is 12.2. The lowest BCUT2D eigenvalue weighted by molar-refractivity contribution is 0.617. The molecular weight excluding hydrogens is 585 g/mol. The van der Waals surface area contributed by atoms with Gasteiger partial charge in [0.1, 0.15) is 5.52 Å². The minimum atomic E-state index is 0.647. The van der Waals surface area contributed by atoms with E-state index in [-0.39, 0.29) is 0 Å². The molecule has 3 heteroatoms. The molecule has 0 atom stereocenters. The summed E-state index contributed by atoms with van der Waals surface area (Å²) >= 11 is 0. The molecule has 0 amide bonds. The van der Waals surface area contributed by atoms with Gasteiger partial charge in [0.15, 0.2) is 5.58 Å². The van der Waals surface area contributed by atoms with E-state index in [9.17, 15) is 0 Å². The van der Waals surface area contributed by atoms with Gasteiger partial charge in [0.2, 0.25) is 5.89 Å². The average Bonchev–Trinajstić information content (AvgIpc) is 3.72. The Balaban J connectivity index is 1.08. The minimum Gasteiger partial charge on any atom is -0.436 e. The first-order chi connectivity index (χ1) is 23.6. The van der Waals surface area contributed by atoms with Gasteiger partial charge >= 0.3 is 0 Å². The zero-order valence-corrected chi connectivity index (χ0v) is 26.8. The highest BCUT2D eigenvalue weighted by atomic mass is 16.3. The van der Waals surface area contributed by atoms with E-state index in [2.05, 4.69) is 176 Å². The Hall–Kier alpha value is -6.19. The van der Waals surface area contributed by atoms with E-state index in [0.29, 0.717) is 5.89 Å². The Morgan fingerprint density at radius 3 is 1.54 bits per heavy atom. The van der Waals surface area contributed by atoms with Crippen LogP contribution in [0.2, 0.25) is 0 Å². The van der Waals surface area contributed by atoms with E-state index >= 15 is 0 Å². The van der Waals surface area contributed by atoms with Crippen molar-refractivity contribution in [1.29, 1.82) is 0 Å². The van der Waals surface area contributed by atoms with Gasteiger partial charge in [0.05, 0.1) is 11.0 Å². The predicted molar refractivity (Wildman–Crippen MR) is 200 cm³/mol. The summed E-state index contributed by atoms with van der Waals surface area (Å²) in [7, 11) is 0. The van der Waals surface area contributed by atoms with Crippen molar-refractivity contribution in [3.8, 4) is 50.5 Å². The van der Waals surface area contributed by atoms with Crippen molar-refractivity contribution in [1.82, 2.24) is 9.55 Å². The number of hydrogen-bond donors (Lipinski definition) is 0. The van der Waals surface area contributed by atoms with E-state index in [4.69, 9.17) is 9.40 Å². The smallest absolute Gasteiger partial charge is 0.227 e. The number of benzene rings is 7. The molecule has 2 heterocycles. The minimum absolute atomic E-state index is 0.647. The summed E-state index contributed by atoms with van der Waals surface area (Å²) < 4.78 is 8.57. The van der Waals surface area contributed by atoms with Gasteiger partial charge in [-0.3, -0.25) is 0 Å². The molecule has 0 N–H and O–H groups in total. The van der Waals surface area contributed by atoms with Gasteiger partial charge in [-0.1, -0.05) is 115 Å². The highest BCUT2D eigenvalue weighted by molar-refractivity contribution is 6.09. The number of rotatable bonds is 5. The maximum absolute atomic E-state index is 6.20. The Morgan fingerprint density at radius 1 is 0.479 bits per heavy atom. The van der Waals surface area contributed by atoms with Crippen molar-refractivity contribution in [2.45, 2.75) is 13.8 Å². The van der Waals surface area contributed by atoms with Crippen molar-refractivity contribution in [3.63, 3.8) is 0 Å². The Kier molecular flexibility index (Phi) is 6.58. The summed E-state index contributed by atoms with van der Waals surface area (Å²) in [5.74, 6) is 0.647. The van der Waals surface area contributed by atoms with Crippen LogP contribution in [-0.2, 0) is 0 Å². The van der Waals surface area contributed by atoms with Crippen LogP contribution in [-0.4, -0.2) is 9.55 Å². The SMILES string of the molecule is Cc1cc(C)c2oc(-c3ccc(-c4ccccc4-c4ccccc4-c4ccc(-n5c6ccccc6c6ccccc65)cc4)cc3)nc2c1. The maximum Gasteiger partial charge on any atom is 0.227 e. The van der Waals surface area contributed by atoms with Gasteiger partial charge < -0.3 is 8.98 Å². The van der Waals surface area contributed by atoms with Crippen LogP contribution in [0.1, 0.15) is 11.1 Å². The van der Waals surface area contributed by atoms with E-state index in [1.807, 2.05) is 0 Å². The normalized spacial score (nSPS) is 11.5. The molecule has 3 nitrogen and oxygen atoms in total. The monoisotopic (exact) mass is 616 g/mol. The number of para-hydroxylation sites is 2. The first-order valence-corrected chi connectivity index (χ1v) is 16.4. The molecule has 9 aromatic rings. The molecule has 0 saturated carbocycles. The molecule has 0 fully saturated rings. The molecule has 0 bridgehead atoms. The van der Waals surface area contributed by atoms with Crippen molar-refractivity contribution in [3.05, 3.63) is 169 Å². The van der Waals surface area contributed by atoms with Crippen LogP contribution < -0.4 is 0 Å². The molecule has 0 spiro atoms. The van der Waals surface area contributed by atoms with Gasteiger partial charge in [-0.2, -0.15) is 0 Å². The first-order valence-electron chi connectivity index (χ1n) is 16.4. The molecule has 48 heavy (non-hydrogen) atoms. The fourth-order valence-corrected chi connectivity index (χ4v) is 7.22. The molecule has 228 valence electrons. The molecule has 0 aliphatic rings. The second kappa shape index (κ2) is 11.3. The molecule has 7 aromatic carbocycles. The highest BCUT2D eigenvalue weighted by Gasteiger charge is 2.16. The van der Waals surface area contributed by atoms with E-state index in [1.165, 1.54) is 55.2 Å². The van der Waals surface area contributed by atoms with E-state index < -0.39 is 0 Å². The molecule has 9 rings (SSSR count). The standard InChI is InChI=1S/C45H32N2O/c1-29-27-30(2)44-41(28-29)46-45(48-44)33-21-19-31(20-22-33)35-11-3-5-13-37(35)38-14-6-4-12-36(38)32-23-25-34(26-24-32)47-42-17-9-7-15-39(42)40-16-8-10-18-43(40)47/h3-28H,1-2H3. The highest BCUT2D eigenvalue weighted by Crippen LogP contribution is 2.40. The topological polar surface area (TPSA) is 31.0 Å². The van der Waals surface area contributed by atoms with E-state index in [0.717, 1.165) is 33.5 Å². The fraction of sp³-hybridized carbons (Fsp3) is 0.0444. The van der Waals surface area contributed by atoms with Crippen molar-refractivity contribution >= 4 is 32.9 Å². The summed E-state index contributed by atoms with van der Waals surface area (Å²) in [5.41, 5.74) is 15.7. The summed E-state index contributed by atoms with van der Waals surface area (Å²) in [6.07, 6.45) is 0. The number of hydrogen-bond acceptors (Lipinski definition) is 2.